The Hall–Kier alpha value is -3.91. The van der Waals surface area contributed by atoms with Crippen LogP contribution in [0.2, 0.25) is 0 Å². The summed E-state index contributed by atoms with van der Waals surface area (Å²) in [5.41, 5.74) is 0.576. The number of thiophene rings is 1. The van der Waals surface area contributed by atoms with E-state index >= 15 is 0 Å². The standard InChI is InChI=1S/C33H37NO6S/c1-33(2,3)40-32(35)34-18-16-22(17-19-34)21-38-25-10-12-26(13-11-25)39-30-28-15-14-27(37-5)20-29(28)41-31(30)23-6-8-24(36-4)9-7-23/h6-15,20,22H,16-19,21H2,1-5H3. The third-order valence-corrected chi connectivity index (χ3v) is 8.18. The molecule has 0 bridgehead atoms. The van der Waals surface area contributed by atoms with Gasteiger partial charge in [0.05, 0.1) is 25.7 Å². The summed E-state index contributed by atoms with van der Waals surface area (Å²) in [7, 11) is 3.34. The molecular weight excluding hydrogens is 538 g/mol. The van der Waals surface area contributed by atoms with Crippen molar-refractivity contribution in [2.45, 2.75) is 39.2 Å². The van der Waals surface area contributed by atoms with Gasteiger partial charge < -0.3 is 28.6 Å². The number of benzene rings is 3. The van der Waals surface area contributed by atoms with E-state index in [0.717, 1.165) is 62.1 Å². The summed E-state index contributed by atoms with van der Waals surface area (Å²) in [4.78, 5) is 15.2. The molecule has 0 spiro atoms. The number of nitrogens with zero attached hydrogens (tertiary/aromatic N) is 1. The van der Waals surface area contributed by atoms with Gasteiger partial charge in [-0.2, -0.15) is 0 Å². The summed E-state index contributed by atoms with van der Waals surface area (Å²) in [6.07, 6.45) is 1.55. The molecule has 0 N–H and O–H groups in total. The summed E-state index contributed by atoms with van der Waals surface area (Å²) in [6, 6.07) is 21.8. The molecule has 8 heteroatoms. The molecule has 0 unspecified atom stereocenters. The van der Waals surface area contributed by atoms with Gasteiger partial charge in [0.15, 0.2) is 5.75 Å². The Labute approximate surface area is 245 Å². The van der Waals surface area contributed by atoms with Crippen LogP contribution < -0.4 is 18.9 Å². The molecule has 3 aromatic carbocycles. The van der Waals surface area contributed by atoms with E-state index in [9.17, 15) is 4.79 Å². The Morgan fingerprint density at radius 2 is 1.46 bits per heavy atom. The molecule has 1 fully saturated rings. The van der Waals surface area contributed by atoms with Crippen molar-refractivity contribution in [2.75, 3.05) is 33.9 Å². The van der Waals surface area contributed by atoms with E-state index in [1.165, 1.54) is 0 Å². The summed E-state index contributed by atoms with van der Waals surface area (Å²) in [6.45, 7) is 7.66. The highest BCUT2D eigenvalue weighted by molar-refractivity contribution is 7.22. The number of piperidine rings is 1. The van der Waals surface area contributed by atoms with E-state index < -0.39 is 5.60 Å². The predicted octanol–water partition coefficient (Wildman–Crippen LogP) is 8.40. The number of amides is 1. The Bertz CT molecular complexity index is 1460. The quantitative estimate of drug-likeness (QED) is 0.210. The molecule has 1 amide bonds. The molecule has 0 atom stereocenters. The summed E-state index contributed by atoms with van der Waals surface area (Å²) < 4.78 is 30.0. The second kappa shape index (κ2) is 12.3. The lowest BCUT2D eigenvalue weighted by Crippen LogP contribution is -2.42. The molecule has 216 valence electrons. The van der Waals surface area contributed by atoms with Gasteiger partial charge in [-0.25, -0.2) is 4.79 Å². The molecule has 4 aromatic rings. The van der Waals surface area contributed by atoms with Crippen molar-refractivity contribution in [3.05, 3.63) is 66.7 Å². The van der Waals surface area contributed by atoms with Gasteiger partial charge in [0, 0.05) is 23.2 Å². The topological polar surface area (TPSA) is 66.5 Å². The van der Waals surface area contributed by atoms with E-state index in [1.54, 1.807) is 30.5 Å². The zero-order valence-electron chi connectivity index (χ0n) is 24.3. The molecule has 1 aromatic heterocycles. The number of hydrogen-bond acceptors (Lipinski definition) is 7. The number of carbonyl (C=O) groups excluding carboxylic acids is 1. The van der Waals surface area contributed by atoms with Crippen molar-refractivity contribution in [1.29, 1.82) is 0 Å². The first-order valence-electron chi connectivity index (χ1n) is 13.9. The van der Waals surface area contributed by atoms with Crippen molar-refractivity contribution in [3.8, 4) is 39.2 Å². The molecule has 7 nitrogen and oxygen atoms in total. The Morgan fingerprint density at radius 1 is 0.854 bits per heavy atom. The maximum absolute atomic E-state index is 12.3. The summed E-state index contributed by atoms with van der Waals surface area (Å²) >= 11 is 1.67. The van der Waals surface area contributed by atoms with Gasteiger partial charge >= 0.3 is 6.09 Å². The number of methoxy groups -OCH3 is 2. The van der Waals surface area contributed by atoms with Crippen LogP contribution in [0.4, 0.5) is 4.79 Å². The van der Waals surface area contributed by atoms with Gasteiger partial charge in [0.1, 0.15) is 28.6 Å². The van der Waals surface area contributed by atoms with Crippen LogP contribution in [0.15, 0.2) is 66.7 Å². The number of rotatable bonds is 8. The first-order valence-corrected chi connectivity index (χ1v) is 14.7. The minimum Gasteiger partial charge on any atom is -0.497 e. The van der Waals surface area contributed by atoms with E-state index in [1.807, 2.05) is 87.5 Å². The van der Waals surface area contributed by atoms with Crippen molar-refractivity contribution in [1.82, 2.24) is 4.90 Å². The molecule has 1 aliphatic heterocycles. The van der Waals surface area contributed by atoms with Crippen LogP contribution in [0.5, 0.6) is 28.7 Å². The third-order valence-electron chi connectivity index (χ3n) is 7.00. The number of fused-ring (bicyclic) bond motifs is 1. The predicted molar refractivity (Wildman–Crippen MR) is 163 cm³/mol. The number of likely N-dealkylation sites (tertiary alicyclic amines) is 1. The van der Waals surface area contributed by atoms with E-state index in [0.29, 0.717) is 25.6 Å². The number of carbonyl (C=O) groups is 1. The normalized spacial score (nSPS) is 14.1. The summed E-state index contributed by atoms with van der Waals surface area (Å²) in [5.74, 6) is 4.34. The Morgan fingerprint density at radius 3 is 2.10 bits per heavy atom. The zero-order chi connectivity index (χ0) is 29.0. The highest BCUT2D eigenvalue weighted by Crippen LogP contribution is 2.47. The molecule has 41 heavy (non-hydrogen) atoms. The smallest absolute Gasteiger partial charge is 0.410 e. The Kier molecular flexibility index (Phi) is 8.59. The SMILES string of the molecule is COc1ccc(-c2sc3cc(OC)ccc3c2Oc2ccc(OCC3CCN(C(=O)OC(C)(C)C)CC3)cc2)cc1. The average Bonchev–Trinajstić information content (AvgIpc) is 3.33. The van der Waals surface area contributed by atoms with Crippen molar-refractivity contribution < 1.29 is 28.5 Å². The minimum absolute atomic E-state index is 0.236. The largest absolute Gasteiger partial charge is 0.497 e. The van der Waals surface area contributed by atoms with Gasteiger partial charge in [-0.1, -0.05) is 0 Å². The lowest BCUT2D eigenvalue weighted by Gasteiger charge is -2.33. The van der Waals surface area contributed by atoms with Crippen LogP contribution in [0, 0.1) is 5.92 Å². The maximum Gasteiger partial charge on any atom is 0.410 e. The number of ether oxygens (including phenoxy) is 5. The fourth-order valence-electron chi connectivity index (χ4n) is 4.76. The second-order valence-corrected chi connectivity index (χ2v) is 12.2. The third kappa shape index (κ3) is 7.06. The van der Waals surface area contributed by atoms with Gasteiger partial charge in [-0.05, 0) is 112 Å². The monoisotopic (exact) mass is 575 g/mol. The molecule has 1 aliphatic rings. The fourth-order valence-corrected chi connectivity index (χ4v) is 5.92. The molecular formula is C33H37NO6S. The lowest BCUT2D eigenvalue weighted by molar-refractivity contribution is 0.0165. The van der Waals surface area contributed by atoms with Crippen LogP contribution in [0.25, 0.3) is 20.5 Å². The molecule has 2 heterocycles. The second-order valence-electron chi connectivity index (χ2n) is 11.1. The van der Waals surface area contributed by atoms with Crippen LogP contribution in [-0.2, 0) is 4.74 Å². The van der Waals surface area contributed by atoms with Crippen LogP contribution >= 0.6 is 11.3 Å². The number of hydrogen-bond donors (Lipinski definition) is 0. The summed E-state index contributed by atoms with van der Waals surface area (Å²) in [5, 5.41) is 1.03. The van der Waals surface area contributed by atoms with Gasteiger partial charge in [-0.3, -0.25) is 0 Å². The van der Waals surface area contributed by atoms with Crippen molar-refractivity contribution >= 4 is 27.5 Å². The van der Waals surface area contributed by atoms with E-state index in [2.05, 4.69) is 0 Å². The zero-order valence-corrected chi connectivity index (χ0v) is 25.1. The van der Waals surface area contributed by atoms with Crippen LogP contribution in [0.1, 0.15) is 33.6 Å². The van der Waals surface area contributed by atoms with Gasteiger partial charge in [0.2, 0.25) is 0 Å². The molecule has 0 aliphatic carbocycles. The lowest BCUT2D eigenvalue weighted by atomic mass is 9.98. The highest BCUT2D eigenvalue weighted by Gasteiger charge is 2.27. The minimum atomic E-state index is -0.478. The first-order chi connectivity index (χ1) is 19.7. The van der Waals surface area contributed by atoms with Crippen LogP contribution in [-0.4, -0.2) is 50.5 Å². The highest BCUT2D eigenvalue weighted by atomic mass is 32.1. The Balaban J connectivity index is 1.24. The molecule has 0 radical (unpaired) electrons. The molecule has 1 saturated heterocycles. The van der Waals surface area contributed by atoms with E-state index in [-0.39, 0.29) is 6.09 Å². The maximum atomic E-state index is 12.3. The fraction of sp³-hybridized carbons (Fsp3) is 0.364. The van der Waals surface area contributed by atoms with Gasteiger partial charge in [0.25, 0.3) is 0 Å². The van der Waals surface area contributed by atoms with Crippen molar-refractivity contribution in [3.63, 3.8) is 0 Å². The van der Waals surface area contributed by atoms with E-state index in [4.69, 9.17) is 23.7 Å². The van der Waals surface area contributed by atoms with Crippen LogP contribution in [0.3, 0.4) is 0 Å². The van der Waals surface area contributed by atoms with Gasteiger partial charge in [-0.15, -0.1) is 11.3 Å². The molecule has 5 rings (SSSR count). The van der Waals surface area contributed by atoms with Crippen molar-refractivity contribution in [2.24, 2.45) is 5.92 Å². The first kappa shape index (κ1) is 28.6. The average molecular weight is 576 g/mol. The molecule has 0 saturated carbocycles.